The molecule has 2 aromatic carbocycles. The summed E-state index contributed by atoms with van der Waals surface area (Å²) < 4.78 is 0. The van der Waals surface area contributed by atoms with E-state index in [4.69, 9.17) is 0 Å². The molecule has 1 aliphatic carbocycles. The quantitative estimate of drug-likeness (QED) is 0.431. The number of Topliss-reactive ketones (excluding diaryl/α,β-unsaturated/α-hetero) is 1. The van der Waals surface area contributed by atoms with Crippen molar-refractivity contribution >= 4 is 29.7 Å². The third-order valence-electron chi connectivity index (χ3n) is 6.47. The maximum absolute atomic E-state index is 12.9. The van der Waals surface area contributed by atoms with Gasteiger partial charge >= 0.3 is 0 Å². The number of nitrogens with zero attached hydrogens (tertiary/aromatic N) is 1. The van der Waals surface area contributed by atoms with Gasteiger partial charge in [-0.3, -0.25) is 14.4 Å². The lowest BCUT2D eigenvalue weighted by atomic mass is 9.92. The number of aliphatic hydroxyl groups excluding tert-OH is 1. The summed E-state index contributed by atoms with van der Waals surface area (Å²) in [6, 6.07) is 15.5. The lowest BCUT2D eigenvalue weighted by Gasteiger charge is -2.35. The standard InChI is InChI=1S/C27H32N2O4/c1-27(24(31)18-30,26(33)28-2)29(3)25(32)23-16-14-22(15-17-23)13-12-21-10-8-20(9-11-21)7-6-19-4-5-19/h8-17,19,30H,4-7,18H2,1-3H3,(H,28,33)/b13-12+/t27-/m1/s1. The molecule has 0 radical (unpaired) electrons. The van der Waals surface area contributed by atoms with E-state index in [1.165, 1.54) is 45.8 Å². The number of likely N-dealkylation sites (N-methyl/N-ethyl adjacent to an activating group) is 2. The summed E-state index contributed by atoms with van der Waals surface area (Å²) in [6.07, 6.45) is 9.19. The number of amides is 2. The van der Waals surface area contributed by atoms with Crippen molar-refractivity contribution in [3.05, 3.63) is 70.8 Å². The average Bonchev–Trinajstić information content (AvgIpc) is 3.69. The zero-order chi connectivity index (χ0) is 24.0. The third kappa shape index (κ3) is 5.76. The SMILES string of the molecule is CNC(=O)[C@@](C)(C(=O)CO)N(C)C(=O)c1ccc(/C=C/c2ccc(CCC3CC3)cc2)cc1. The number of benzene rings is 2. The number of nitrogens with one attached hydrogen (secondary N) is 1. The Morgan fingerprint density at radius 1 is 1.03 bits per heavy atom. The van der Waals surface area contributed by atoms with Crippen LogP contribution in [0.4, 0.5) is 0 Å². The Balaban J connectivity index is 1.66. The second kappa shape index (κ2) is 10.6. The van der Waals surface area contributed by atoms with Crippen LogP contribution in [0.5, 0.6) is 0 Å². The van der Waals surface area contributed by atoms with Crippen LogP contribution in [0, 0.1) is 5.92 Å². The number of hydrogen-bond acceptors (Lipinski definition) is 4. The van der Waals surface area contributed by atoms with E-state index in [0.29, 0.717) is 5.56 Å². The fraction of sp³-hybridized carbons (Fsp3) is 0.370. The van der Waals surface area contributed by atoms with Gasteiger partial charge in [-0.25, -0.2) is 0 Å². The predicted octanol–water partition coefficient (Wildman–Crippen LogP) is 3.34. The van der Waals surface area contributed by atoms with E-state index >= 15 is 0 Å². The molecule has 1 atom stereocenters. The topological polar surface area (TPSA) is 86.7 Å². The van der Waals surface area contributed by atoms with Crippen molar-refractivity contribution in [2.24, 2.45) is 5.92 Å². The molecule has 0 spiro atoms. The van der Waals surface area contributed by atoms with E-state index in [-0.39, 0.29) is 0 Å². The van der Waals surface area contributed by atoms with E-state index in [1.54, 1.807) is 12.1 Å². The lowest BCUT2D eigenvalue weighted by molar-refractivity contribution is -0.143. The molecule has 33 heavy (non-hydrogen) atoms. The van der Waals surface area contributed by atoms with Crippen LogP contribution < -0.4 is 5.32 Å². The number of ketones is 1. The van der Waals surface area contributed by atoms with E-state index in [0.717, 1.165) is 28.4 Å². The summed E-state index contributed by atoms with van der Waals surface area (Å²) in [5.74, 6) is -0.960. The molecular formula is C27H32N2O4. The van der Waals surface area contributed by atoms with E-state index < -0.39 is 29.7 Å². The van der Waals surface area contributed by atoms with Crippen molar-refractivity contribution in [1.29, 1.82) is 0 Å². The number of hydrogen-bond donors (Lipinski definition) is 2. The maximum atomic E-state index is 12.9. The molecule has 174 valence electrons. The van der Waals surface area contributed by atoms with Crippen molar-refractivity contribution in [2.45, 2.75) is 38.1 Å². The minimum absolute atomic E-state index is 0.343. The zero-order valence-electron chi connectivity index (χ0n) is 19.5. The zero-order valence-corrected chi connectivity index (χ0v) is 19.5. The van der Waals surface area contributed by atoms with Crippen LogP contribution in [0.2, 0.25) is 0 Å². The maximum Gasteiger partial charge on any atom is 0.254 e. The molecule has 0 bridgehead atoms. The van der Waals surface area contributed by atoms with Crippen LogP contribution in [0.15, 0.2) is 48.5 Å². The van der Waals surface area contributed by atoms with Crippen LogP contribution in [0.3, 0.4) is 0 Å². The van der Waals surface area contributed by atoms with Crippen molar-refractivity contribution in [2.75, 3.05) is 20.7 Å². The number of carbonyl (C=O) groups excluding carboxylic acids is 3. The minimum atomic E-state index is -1.80. The largest absolute Gasteiger partial charge is 0.388 e. The van der Waals surface area contributed by atoms with Crippen LogP contribution in [0.25, 0.3) is 12.2 Å². The molecule has 2 aromatic rings. The van der Waals surface area contributed by atoms with Crippen LogP contribution in [-0.4, -0.2) is 53.8 Å². The first-order valence-corrected chi connectivity index (χ1v) is 11.3. The van der Waals surface area contributed by atoms with E-state index in [9.17, 15) is 19.5 Å². The molecule has 0 heterocycles. The van der Waals surface area contributed by atoms with Crippen LogP contribution in [-0.2, 0) is 16.0 Å². The Morgan fingerprint density at radius 3 is 2.06 bits per heavy atom. The highest BCUT2D eigenvalue weighted by Crippen LogP contribution is 2.33. The molecule has 0 aromatic heterocycles. The number of rotatable bonds is 10. The first-order valence-electron chi connectivity index (χ1n) is 11.3. The minimum Gasteiger partial charge on any atom is -0.388 e. The number of aliphatic hydroxyl groups is 1. The molecule has 6 heteroatoms. The number of aryl methyl sites for hydroxylation is 1. The smallest absolute Gasteiger partial charge is 0.254 e. The summed E-state index contributed by atoms with van der Waals surface area (Å²) in [7, 11) is 2.76. The molecule has 1 fully saturated rings. The van der Waals surface area contributed by atoms with Crippen molar-refractivity contribution < 1.29 is 19.5 Å². The van der Waals surface area contributed by atoms with Gasteiger partial charge in [-0.15, -0.1) is 0 Å². The van der Waals surface area contributed by atoms with Gasteiger partial charge in [0.25, 0.3) is 11.8 Å². The Morgan fingerprint density at radius 2 is 1.58 bits per heavy atom. The molecule has 6 nitrogen and oxygen atoms in total. The van der Waals surface area contributed by atoms with Crippen molar-refractivity contribution in [3.8, 4) is 0 Å². The second-order valence-electron chi connectivity index (χ2n) is 8.78. The van der Waals surface area contributed by atoms with Gasteiger partial charge in [-0.2, -0.15) is 0 Å². The van der Waals surface area contributed by atoms with Gasteiger partial charge in [-0.05, 0) is 54.5 Å². The summed E-state index contributed by atoms with van der Waals surface area (Å²) in [5.41, 5.74) is 1.94. The van der Waals surface area contributed by atoms with Crippen LogP contribution >= 0.6 is 0 Å². The van der Waals surface area contributed by atoms with Gasteiger partial charge < -0.3 is 15.3 Å². The Hall–Kier alpha value is -3.25. The molecule has 0 saturated heterocycles. The van der Waals surface area contributed by atoms with Crippen LogP contribution in [0.1, 0.15) is 53.2 Å². The van der Waals surface area contributed by atoms with Gasteiger partial charge in [0, 0.05) is 19.7 Å². The highest BCUT2D eigenvalue weighted by Gasteiger charge is 2.46. The monoisotopic (exact) mass is 448 g/mol. The number of carbonyl (C=O) groups is 3. The lowest BCUT2D eigenvalue weighted by Crippen LogP contribution is -2.62. The average molecular weight is 449 g/mol. The summed E-state index contributed by atoms with van der Waals surface area (Å²) in [6.45, 7) is 0.489. The van der Waals surface area contributed by atoms with Crippen molar-refractivity contribution in [1.82, 2.24) is 10.2 Å². The van der Waals surface area contributed by atoms with Gasteiger partial charge in [0.1, 0.15) is 6.61 Å². The van der Waals surface area contributed by atoms with Gasteiger partial charge in [-0.1, -0.05) is 61.4 Å². The second-order valence-corrected chi connectivity index (χ2v) is 8.78. The normalized spacial score (nSPS) is 15.2. The fourth-order valence-electron chi connectivity index (χ4n) is 3.76. The fourth-order valence-corrected chi connectivity index (χ4v) is 3.76. The first kappa shape index (κ1) is 24.4. The highest BCUT2D eigenvalue weighted by molar-refractivity contribution is 6.14. The van der Waals surface area contributed by atoms with Gasteiger partial charge in [0.15, 0.2) is 11.3 Å². The Bertz CT molecular complexity index is 1010. The predicted molar refractivity (Wildman–Crippen MR) is 130 cm³/mol. The Kier molecular flexibility index (Phi) is 7.82. The van der Waals surface area contributed by atoms with E-state index in [2.05, 4.69) is 29.6 Å². The first-order chi connectivity index (χ1) is 15.8. The molecule has 1 saturated carbocycles. The van der Waals surface area contributed by atoms with Gasteiger partial charge in [0.05, 0.1) is 0 Å². The van der Waals surface area contributed by atoms with E-state index in [1.807, 2.05) is 24.3 Å². The van der Waals surface area contributed by atoms with Gasteiger partial charge in [0.2, 0.25) is 0 Å². The molecule has 2 amide bonds. The Labute approximate surface area is 195 Å². The molecular weight excluding hydrogens is 416 g/mol. The molecule has 0 unspecified atom stereocenters. The molecule has 2 N–H and O–H groups in total. The van der Waals surface area contributed by atoms with Crippen molar-refractivity contribution in [3.63, 3.8) is 0 Å². The summed E-state index contributed by atoms with van der Waals surface area (Å²) >= 11 is 0. The molecule has 3 rings (SSSR count). The summed E-state index contributed by atoms with van der Waals surface area (Å²) in [5, 5.41) is 11.7. The molecule has 1 aliphatic rings. The summed E-state index contributed by atoms with van der Waals surface area (Å²) in [4.78, 5) is 38.6. The highest BCUT2D eigenvalue weighted by atomic mass is 16.3. The third-order valence-corrected chi connectivity index (χ3v) is 6.47. The molecule has 0 aliphatic heterocycles.